The molecule has 0 spiro atoms. The van der Waals surface area contributed by atoms with Gasteiger partial charge in [-0.1, -0.05) is 32.9 Å². The Morgan fingerprint density at radius 1 is 1.22 bits per heavy atom. The number of likely N-dealkylation sites (tertiary alicyclic amines) is 1. The van der Waals surface area contributed by atoms with Gasteiger partial charge in [0.05, 0.1) is 12.7 Å². The van der Waals surface area contributed by atoms with E-state index in [1.165, 1.54) is 7.11 Å². The van der Waals surface area contributed by atoms with Crippen molar-refractivity contribution in [1.29, 1.82) is 0 Å². The lowest BCUT2D eigenvalue weighted by Crippen LogP contribution is -2.54. The van der Waals surface area contributed by atoms with Crippen molar-refractivity contribution in [2.45, 2.75) is 52.1 Å². The minimum absolute atomic E-state index is 0.0103. The van der Waals surface area contributed by atoms with Gasteiger partial charge in [-0.2, -0.15) is 0 Å². The van der Waals surface area contributed by atoms with Crippen LogP contribution in [0, 0.1) is 5.92 Å². The molecular formula is C21H33N3O3. The van der Waals surface area contributed by atoms with Crippen LogP contribution in [0.3, 0.4) is 0 Å². The highest BCUT2D eigenvalue weighted by molar-refractivity contribution is 5.99. The first-order valence-electron chi connectivity index (χ1n) is 9.92. The Kier molecular flexibility index (Phi) is 8.10. The average Bonchev–Trinajstić information content (AvgIpc) is 2.67. The predicted molar refractivity (Wildman–Crippen MR) is 107 cm³/mol. The third kappa shape index (κ3) is 5.96. The number of piperidine rings is 1. The summed E-state index contributed by atoms with van der Waals surface area (Å²) < 4.78 is 5.25. The van der Waals surface area contributed by atoms with Gasteiger partial charge in [0.1, 0.15) is 11.8 Å². The molecule has 1 heterocycles. The summed E-state index contributed by atoms with van der Waals surface area (Å²) in [6, 6.07) is 6.64. The lowest BCUT2D eigenvalue weighted by molar-refractivity contribution is -0.125. The quantitative estimate of drug-likeness (QED) is 0.732. The zero-order valence-electron chi connectivity index (χ0n) is 17.0. The summed E-state index contributed by atoms with van der Waals surface area (Å²) >= 11 is 0. The molecule has 6 nitrogen and oxygen atoms in total. The Morgan fingerprint density at radius 3 is 2.48 bits per heavy atom. The van der Waals surface area contributed by atoms with Crippen molar-refractivity contribution < 1.29 is 14.3 Å². The number of para-hydroxylation sites is 1. The number of nitrogens with one attached hydrogen (secondary N) is 2. The van der Waals surface area contributed by atoms with Crippen LogP contribution in [0.2, 0.25) is 0 Å². The molecule has 0 aromatic heterocycles. The van der Waals surface area contributed by atoms with E-state index in [4.69, 9.17) is 4.74 Å². The van der Waals surface area contributed by atoms with Gasteiger partial charge in [0.15, 0.2) is 0 Å². The molecule has 6 heteroatoms. The molecule has 2 rings (SSSR count). The number of benzene rings is 1. The van der Waals surface area contributed by atoms with Crippen molar-refractivity contribution in [3.8, 4) is 5.75 Å². The van der Waals surface area contributed by atoms with Gasteiger partial charge in [-0.15, -0.1) is 0 Å². The van der Waals surface area contributed by atoms with Gasteiger partial charge in [-0.3, -0.25) is 9.59 Å². The van der Waals surface area contributed by atoms with Crippen LogP contribution in [0.15, 0.2) is 24.3 Å². The second-order valence-corrected chi connectivity index (χ2v) is 7.52. The topological polar surface area (TPSA) is 70.7 Å². The van der Waals surface area contributed by atoms with Crippen LogP contribution in [0.1, 0.15) is 50.4 Å². The number of carbonyl (C=O) groups excluding carboxylic acids is 2. The summed E-state index contributed by atoms with van der Waals surface area (Å²) in [5.41, 5.74) is 0.436. The summed E-state index contributed by atoms with van der Waals surface area (Å²) in [7, 11) is 1.53. The summed E-state index contributed by atoms with van der Waals surface area (Å²) in [6.07, 6.45) is 3.06. The van der Waals surface area contributed by atoms with E-state index in [9.17, 15) is 9.59 Å². The van der Waals surface area contributed by atoms with Crippen LogP contribution in [0.4, 0.5) is 0 Å². The van der Waals surface area contributed by atoms with Gasteiger partial charge in [0.2, 0.25) is 5.91 Å². The minimum Gasteiger partial charge on any atom is -0.496 e. The molecule has 2 N–H and O–H groups in total. The van der Waals surface area contributed by atoms with Gasteiger partial charge in [0.25, 0.3) is 5.91 Å². The molecule has 1 aliphatic heterocycles. The van der Waals surface area contributed by atoms with Gasteiger partial charge < -0.3 is 20.3 Å². The maximum atomic E-state index is 12.8. The molecule has 1 aliphatic rings. The monoisotopic (exact) mass is 375 g/mol. The summed E-state index contributed by atoms with van der Waals surface area (Å²) in [5, 5.41) is 6.02. The van der Waals surface area contributed by atoms with Crippen LogP contribution in [-0.2, 0) is 4.79 Å². The fourth-order valence-corrected chi connectivity index (χ4v) is 3.49. The van der Waals surface area contributed by atoms with E-state index in [2.05, 4.69) is 22.5 Å². The maximum absolute atomic E-state index is 12.8. The van der Waals surface area contributed by atoms with Crippen molar-refractivity contribution in [2.24, 2.45) is 5.92 Å². The van der Waals surface area contributed by atoms with Gasteiger partial charge in [-0.25, -0.2) is 0 Å². The maximum Gasteiger partial charge on any atom is 0.255 e. The van der Waals surface area contributed by atoms with Crippen molar-refractivity contribution in [3.63, 3.8) is 0 Å². The Balaban J connectivity index is 1.96. The molecule has 150 valence electrons. The number of nitrogens with zero attached hydrogens (tertiary/aromatic N) is 1. The van der Waals surface area contributed by atoms with Gasteiger partial charge in [-0.05, 0) is 43.9 Å². The first-order valence-corrected chi connectivity index (χ1v) is 9.92. The fourth-order valence-electron chi connectivity index (χ4n) is 3.49. The lowest BCUT2D eigenvalue weighted by Gasteiger charge is -2.33. The number of hydrogen-bond donors (Lipinski definition) is 2. The van der Waals surface area contributed by atoms with E-state index >= 15 is 0 Å². The number of hydrogen-bond acceptors (Lipinski definition) is 4. The minimum atomic E-state index is -0.573. The Bertz CT molecular complexity index is 625. The number of rotatable bonds is 8. The third-order valence-corrected chi connectivity index (χ3v) is 5.06. The van der Waals surface area contributed by atoms with Gasteiger partial charge in [0, 0.05) is 19.1 Å². The molecule has 27 heavy (non-hydrogen) atoms. The molecule has 1 fully saturated rings. The number of ether oxygens (including phenoxy) is 1. The van der Waals surface area contributed by atoms with Crippen LogP contribution < -0.4 is 15.4 Å². The van der Waals surface area contributed by atoms with E-state index in [-0.39, 0.29) is 23.8 Å². The standard InChI is InChI=1S/C21H33N3O3/c1-5-12-24-13-10-16(11-14-24)22-21(26)19(15(2)3)23-20(25)17-8-6-7-9-18(17)27-4/h6-9,15-16,19H,5,10-14H2,1-4H3,(H,22,26)(H,23,25). The second-order valence-electron chi connectivity index (χ2n) is 7.52. The Hall–Kier alpha value is -2.08. The van der Waals surface area contributed by atoms with E-state index in [0.29, 0.717) is 11.3 Å². The molecule has 1 aromatic carbocycles. The van der Waals surface area contributed by atoms with Crippen LogP contribution >= 0.6 is 0 Å². The highest BCUT2D eigenvalue weighted by Gasteiger charge is 2.28. The van der Waals surface area contributed by atoms with Crippen molar-refractivity contribution in [1.82, 2.24) is 15.5 Å². The Labute approximate surface area is 162 Å². The molecule has 2 amide bonds. The number of amides is 2. The van der Waals surface area contributed by atoms with E-state index in [1.54, 1.807) is 18.2 Å². The molecule has 1 atom stereocenters. The van der Waals surface area contributed by atoms with E-state index < -0.39 is 6.04 Å². The summed E-state index contributed by atoms with van der Waals surface area (Å²) in [6.45, 7) is 9.21. The molecule has 0 radical (unpaired) electrons. The smallest absolute Gasteiger partial charge is 0.255 e. The highest BCUT2D eigenvalue weighted by Crippen LogP contribution is 2.18. The largest absolute Gasteiger partial charge is 0.496 e. The van der Waals surface area contributed by atoms with Crippen molar-refractivity contribution >= 4 is 11.8 Å². The normalized spacial score (nSPS) is 16.8. The predicted octanol–water partition coefficient (Wildman–Crippen LogP) is 2.44. The molecule has 0 aliphatic carbocycles. The molecule has 0 bridgehead atoms. The van der Waals surface area contributed by atoms with Crippen molar-refractivity contribution in [2.75, 3.05) is 26.7 Å². The van der Waals surface area contributed by atoms with Gasteiger partial charge >= 0.3 is 0 Å². The van der Waals surface area contributed by atoms with E-state index in [1.807, 2.05) is 19.9 Å². The first kappa shape index (κ1) is 21.2. The van der Waals surface area contributed by atoms with Crippen LogP contribution in [0.25, 0.3) is 0 Å². The third-order valence-electron chi connectivity index (χ3n) is 5.06. The summed E-state index contributed by atoms with van der Waals surface area (Å²) in [4.78, 5) is 27.9. The fraction of sp³-hybridized carbons (Fsp3) is 0.619. The Morgan fingerprint density at radius 2 is 1.89 bits per heavy atom. The first-order chi connectivity index (χ1) is 13.0. The molecule has 0 saturated carbocycles. The molecule has 1 unspecified atom stereocenters. The molecule has 1 saturated heterocycles. The van der Waals surface area contributed by atoms with Crippen LogP contribution in [0.5, 0.6) is 5.75 Å². The summed E-state index contributed by atoms with van der Waals surface area (Å²) in [5.74, 6) is 0.0892. The van der Waals surface area contributed by atoms with Crippen LogP contribution in [-0.4, -0.2) is 55.5 Å². The second kappa shape index (κ2) is 10.3. The molecular weight excluding hydrogens is 342 g/mol. The number of methoxy groups -OCH3 is 1. The zero-order valence-corrected chi connectivity index (χ0v) is 17.0. The number of carbonyl (C=O) groups is 2. The highest BCUT2D eigenvalue weighted by atomic mass is 16.5. The zero-order chi connectivity index (χ0) is 19.8. The molecule has 1 aromatic rings. The average molecular weight is 376 g/mol. The van der Waals surface area contributed by atoms with Crippen molar-refractivity contribution in [3.05, 3.63) is 29.8 Å². The van der Waals surface area contributed by atoms with E-state index in [0.717, 1.165) is 38.9 Å². The lowest BCUT2D eigenvalue weighted by atomic mass is 10.00. The SMILES string of the molecule is CCCN1CCC(NC(=O)C(NC(=O)c2ccccc2OC)C(C)C)CC1.